The number of hydrogen-bond donors (Lipinski definition) is 1. The van der Waals surface area contributed by atoms with Crippen molar-refractivity contribution in [3.05, 3.63) is 60.4 Å². The summed E-state index contributed by atoms with van der Waals surface area (Å²) in [6, 6.07) is 13.5. The van der Waals surface area contributed by atoms with Crippen LogP contribution in [0.3, 0.4) is 0 Å². The van der Waals surface area contributed by atoms with Crippen molar-refractivity contribution in [1.29, 1.82) is 0 Å². The Morgan fingerprint density at radius 2 is 2.05 bits per heavy atom. The molecule has 1 amide bonds. The molecule has 5 heteroatoms. The number of nitrogens with one attached hydrogen (secondary N) is 1. The molecule has 21 heavy (non-hydrogen) atoms. The first-order valence-electron chi connectivity index (χ1n) is 6.76. The van der Waals surface area contributed by atoms with Crippen LogP contribution in [0.2, 0.25) is 0 Å². The number of amides is 1. The number of rotatable bonds is 8. The zero-order chi connectivity index (χ0) is 14.8. The summed E-state index contributed by atoms with van der Waals surface area (Å²) < 4.78 is 5.56. The molecule has 0 aliphatic heterocycles. The van der Waals surface area contributed by atoms with E-state index in [2.05, 4.69) is 10.3 Å². The molecule has 1 heterocycles. The number of para-hydroxylation sites is 1. The van der Waals surface area contributed by atoms with Crippen molar-refractivity contribution in [3.63, 3.8) is 0 Å². The lowest BCUT2D eigenvalue weighted by atomic mass is 10.3. The standard InChI is InChI=1S/C16H18N2O2S/c19-16(18-12-14-5-4-8-17-11-14)13-21-10-9-20-15-6-2-1-3-7-15/h1-8,11H,9-10,12-13H2,(H,18,19). The summed E-state index contributed by atoms with van der Waals surface area (Å²) in [7, 11) is 0. The molecule has 0 unspecified atom stereocenters. The van der Waals surface area contributed by atoms with Gasteiger partial charge in [-0.3, -0.25) is 9.78 Å². The first-order valence-corrected chi connectivity index (χ1v) is 7.91. The van der Waals surface area contributed by atoms with Crippen molar-refractivity contribution >= 4 is 17.7 Å². The molecule has 1 N–H and O–H groups in total. The third-order valence-corrected chi connectivity index (χ3v) is 3.61. The minimum Gasteiger partial charge on any atom is -0.493 e. The molecule has 0 radical (unpaired) electrons. The number of carbonyl (C=O) groups is 1. The smallest absolute Gasteiger partial charge is 0.230 e. The number of carbonyl (C=O) groups excluding carboxylic acids is 1. The predicted octanol–water partition coefficient (Wildman–Crippen LogP) is 2.51. The highest BCUT2D eigenvalue weighted by Crippen LogP contribution is 2.09. The van der Waals surface area contributed by atoms with Crippen molar-refractivity contribution in [1.82, 2.24) is 10.3 Å². The fraction of sp³-hybridized carbons (Fsp3) is 0.250. The van der Waals surface area contributed by atoms with Crippen molar-refractivity contribution in [2.75, 3.05) is 18.1 Å². The fourth-order valence-electron chi connectivity index (χ4n) is 1.65. The highest BCUT2D eigenvalue weighted by atomic mass is 32.2. The summed E-state index contributed by atoms with van der Waals surface area (Å²) in [5.74, 6) is 2.12. The Hall–Kier alpha value is -2.01. The van der Waals surface area contributed by atoms with Crippen LogP contribution in [-0.2, 0) is 11.3 Å². The Balaban J connectivity index is 1.53. The molecule has 4 nitrogen and oxygen atoms in total. The average molecular weight is 302 g/mol. The van der Waals surface area contributed by atoms with Crippen LogP contribution in [0.4, 0.5) is 0 Å². The number of benzene rings is 1. The van der Waals surface area contributed by atoms with E-state index >= 15 is 0 Å². The Bertz CT molecular complexity index is 534. The molecule has 1 aromatic carbocycles. The summed E-state index contributed by atoms with van der Waals surface area (Å²) in [6.45, 7) is 1.12. The van der Waals surface area contributed by atoms with Gasteiger partial charge < -0.3 is 10.1 Å². The van der Waals surface area contributed by atoms with Crippen LogP contribution >= 0.6 is 11.8 Å². The maximum Gasteiger partial charge on any atom is 0.230 e. The summed E-state index contributed by atoms with van der Waals surface area (Å²) in [6.07, 6.45) is 3.47. The molecular weight excluding hydrogens is 284 g/mol. The number of nitrogens with zero attached hydrogens (tertiary/aromatic N) is 1. The predicted molar refractivity (Wildman–Crippen MR) is 85.3 cm³/mol. The minimum absolute atomic E-state index is 0.0311. The van der Waals surface area contributed by atoms with Gasteiger partial charge in [-0.15, -0.1) is 11.8 Å². The minimum atomic E-state index is 0.0311. The van der Waals surface area contributed by atoms with Crippen LogP contribution in [0, 0.1) is 0 Å². The van der Waals surface area contributed by atoms with Gasteiger partial charge in [-0.05, 0) is 23.8 Å². The molecule has 0 aliphatic carbocycles. The van der Waals surface area contributed by atoms with E-state index in [1.54, 1.807) is 24.2 Å². The molecule has 0 fully saturated rings. The van der Waals surface area contributed by atoms with Crippen molar-refractivity contribution in [2.24, 2.45) is 0 Å². The molecule has 1 aromatic heterocycles. The lowest BCUT2D eigenvalue weighted by Crippen LogP contribution is -2.25. The zero-order valence-corrected chi connectivity index (χ0v) is 12.5. The van der Waals surface area contributed by atoms with Crippen LogP contribution in [0.25, 0.3) is 0 Å². The zero-order valence-electron chi connectivity index (χ0n) is 11.7. The van der Waals surface area contributed by atoms with Crippen molar-refractivity contribution in [3.8, 4) is 5.75 Å². The van der Waals surface area contributed by atoms with Gasteiger partial charge in [0.15, 0.2) is 0 Å². The third kappa shape index (κ3) is 6.31. The molecule has 2 aromatic rings. The van der Waals surface area contributed by atoms with Gasteiger partial charge in [-0.25, -0.2) is 0 Å². The summed E-state index contributed by atoms with van der Waals surface area (Å²) >= 11 is 1.56. The van der Waals surface area contributed by atoms with Crippen molar-refractivity contribution < 1.29 is 9.53 Å². The SMILES string of the molecule is O=C(CSCCOc1ccccc1)NCc1cccnc1. The van der Waals surface area contributed by atoms with Crippen LogP contribution in [0.5, 0.6) is 5.75 Å². The molecule has 0 atom stereocenters. The second-order valence-electron chi connectivity index (χ2n) is 4.35. The Kier molecular flexibility index (Phi) is 6.61. The van der Waals surface area contributed by atoms with Gasteiger partial charge in [0, 0.05) is 24.7 Å². The normalized spacial score (nSPS) is 10.1. The van der Waals surface area contributed by atoms with Gasteiger partial charge in [-0.2, -0.15) is 0 Å². The van der Waals surface area contributed by atoms with E-state index in [4.69, 9.17) is 4.74 Å². The van der Waals surface area contributed by atoms with Crippen molar-refractivity contribution in [2.45, 2.75) is 6.54 Å². The number of thioether (sulfide) groups is 1. The van der Waals surface area contributed by atoms with Gasteiger partial charge in [0.2, 0.25) is 5.91 Å². The highest BCUT2D eigenvalue weighted by molar-refractivity contribution is 7.99. The molecule has 2 rings (SSSR count). The highest BCUT2D eigenvalue weighted by Gasteiger charge is 2.01. The van der Waals surface area contributed by atoms with Crippen LogP contribution in [-0.4, -0.2) is 29.0 Å². The number of aromatic nitrogens is 1. The second kappa shape index (κ2) is 9.02. The number of hydrogen-bond acceptors (Lipinski definition) is 4. The molecule has 0 saturated carbocycles. The van der Waals surface area contributed by atoms with Gasteiger partial charge in [-0.1, -0.05) is 24.3 Å². The first kappa shape index (κ1) is 15.4. The van der Waals surface area contributed by atoms with E-state index in [0.29, 0.717) is 18.9 Å². The van der Waals surface area contributed by atoms with E-state index in [0.717, 1.165) is 17.1 Å². The van der Waals surface area contributed by atoms with Crippen LogP contribution in [0.1, 0.15) is 5.56 Å². The summed E-state index contributed by atoms with van der Waals surface area (Å²) in [5, 5.41) is 2.87. The fourth-order valence-corrected chi connectivity index (χ4v) is 2.29. The van der Waals surface area contributed by atoms with E-state index in [1.807, 2.05) is 42.5 Å². The average Bonchev–Trinajstić information content (AvgIpc) is 2.54. The Morgan fingerprint density at radius 3 is 2.81 bits per heavy atom. The summed E-state index contributed by atoms with van der Waals surface area (Å²) in [5.41, 5.74) is 1.00. The van der Waals surface area contributed by atoms with Gasteiger partial charge in [0.05, 0.1) is 12.4 Å². The van der Waals surface area contributed by atoms with E-state index in [1.165, 1.54) is 0 Å². The largest absolute Gasteiger partial charge is 0.493 e. The quantitative estimate of drug-likeness (QED) is 0.761. The summed E-state index contributed by atoms with van der Waals surface area (Å²) in [4.78, 5) is 15.7. The monoisotopic (exact) mass is 302 g/mol. The molecule has 0 aliphatic rings. The Morgan fingerprint density at radius 1 is 1.19 bits per heavy atom. The number of ether oxygens (including phenoxy) is 1. The molecule has 0 bridgehead atoms. The second-order valence-corrected chi connectivity index (χ2v) is 5.46. The molecular formula is C16H18N2O2S. The Labute approximate surface area is 128 Å². The maximum absolute atomic E-state index is 11.7. The van der Waals surface area contributed by atoms with Crippen LogP contribution < -0.4 is 10.1 Å². The van der Waals surface area contributed by atoms with E-state index in [9.17, 15) is 4.79 Å². The topological polar surface area (TPSA) is 51.2 Å². The first-order chi connectivity index (χ1) is 10.3. The van der Waals surface area contributed by atoms with Gasteiger partial charge in [0.25, 0.3) is 0 Å². The van der Waals surface area contributed by atoms with Crippen LogP contribution in [0.15, 0.2) is 54.9 Å². The van der Waals surface area contributed by atoms with Gasteiger partial charge >= 0.3 is 0 Å². The van der Waals surface area contributed by atoms with E-state index < -0.39 is 0 Å². The van der Waals surface area contributed by atoms with E-state index in [-0.39, 0.29) is 5.91 Å². The molecule has 110 valence electrons. The maximum atomic E-state index is 11.7. The molecule has 0 spiro atoms. The number of pyridine rings is 1. The van der Waals surface area contributed by atoms with Gasteiger partial charge in [0.1, 0.15) is 5.75 Å². The lowest BCUT2D eigenvalue weighted by molar-refractivity contribution is -0.118. The lowest BCUT2D eigenvalue weighted by Gasteiger charge is -2.06. The molecule has 0 saturated heterocycles. The third-order valence-electron chi connectivity index (χ3n) is 2.69.